The van der Waals surface area contributed by atoms with Crippen LogP contribution in [0.3, 0.4) is 0 Å². The second-order valence-corrected chi connectivity index (χ2v) is 6.47. The minimum atomic E-state index is -0.289. The van der Waals surface area contributed by atoms with Gasteiger partial charge in [0.1, 0.15) is 5.75 Å². The molecule has 0 aromatic heterocycles. The zero-order valence-corrected chi connectivity index (χ0v) is 14.1. The van der Waals surface area contributed by atoms with Gasteiger partial charge in [-0.15, -0.1) is 0 Å². The van der Waals surface area contributed by atoms with Gasteiger partial charge in [0.25, 0.3) is 0 Å². The molecule has 1 aromatic carbocycles. The first-order valence-electron chi connectivity index (χ1n) is 8.03. The van der Waals surface area contributed by atoms with E-state index in [-0.39, 0.29) is 18.2 Å². The third-order valence-corrected chi connectivity index (χ3v) is 3.76. The highest BCUT2D eigenvalue weighted by atomic mass is 16.5. The Balaban J connectivity index is 2.70. The Morgan fingerprint density at radius 2 is 1.90 bits per heavy atom. The highest BCUT2D eigenvalue weighted by molar-refractivity contribution is 5.35. The van der Waals surface area contributed by atoms with Crippen LogP contribution in [-0.2, 0) is 0 Å². The van der Waals surface area contributed by atoms with E-state index in [0.717, 1.165) is 25.1 Å². The Kier molecular flexibility index (Phi) is 7.20. The van der Waals surface area contributed by atoms with Crippen LogP contribution in [-0.4, -0.2) is 29.9 Å². The third-order valence-electron chi connectivity index (χ3n) is 3.76. The van der Waals surface area contributed by atoms with Gasteiger partial charge < -0.3 is 15.2 Å². The van der Waals surface area contributed by atoms with Crippen LogP contribution in [0.15, 0.2) is 24.3 Å². The molecule has 120 valence electrons. The van der Waals surface area contributed by atoms with Gasteiger partial charge in [-0.3, -0.25) is 0 Å². The maximum absolute atomic E-state index is 9.65. The number of ether oxygens (including phenoxy) is 1. The van der Waals surface area contributed by atoms with Gasteiger partial charge in [0, 0.05) is 12.0 Å². The van der Waals surface area contributed by atoms with Gasteiger partial charge in [-0.2, -0.15) is 0 Å². The van der Waals surface area contributed by atoms with Crippen LogP contribution < -0.4 is 10.1 Å². The normalized spacial score (nSPS) is 15.8. The predicted molar refractivity (Wildman–Crippen MR) is 89.0 cm³/mol. The van der Waals surface area contributed by atoms with Crippen LogP contribution in [0.4, 0.5) is 0 Å². The highest BCUT2D eigenvalue weighted by Gasteiger charge is 2.26. The summed E-state index contributed by atoms with van der Waals surface area (Å²) < 4.78 is 6.13. The number of hydrogen-bond acceptors (Lipinski definition) is 3. The summed E-state index contributed by atoms with van der Waals surface area (Å²) in [6, 6.07) is 8.21. The number of aliphatic hydroxyl groups excluding tert-OH is 1. The molecule has 0 aliphatic rings. The molecule has 0 saturated carbocycles. The number of rotatable bonds is 9. The molecule has 3 heteroatoms. The molecule has 21 heavy (non-hydrogen) atoms. The molecule has 0 heterocycles. The molecular weight excluding hydrogens is 262 g/mol. The minimum Gasteiger partial charge on any atom is -0.490 e. The third kappa shape index (κ3) is 5.68. The molecule has 0 amide bonds. The van der Waals surface area contributed by atoms with E-state index < -0.39 is 0 Å². The molecule has 3 nitrogen and oxygen atoms in total. The molecule has 2 N–H and O–H groups in total. The predicted octanol–water partition coefficient (Wildman–Crippen LogP) is 3.72. The SMILES string of the molecule is CCCNC(C)(CO)CC(C)Oc1ccccc1C(C)C. The van der Waals surface area contributed by atoms with Gasteiger partial charge >= 0.3 is 0 Å². The van der Waals surface area contributed by atoms with E-state index in [9.17, 15) is 5.11 Å². The largest absolute Gasteiger partial charge is 0.490 e. The van der Waals surface area contributed by atoms with Crippen molar-refractivity contribution in [3.8, 4) is 5.75 Å². The van der Waals surface area contributed by atoms with E-state index in [1.54, 1.807) is 0 Å². The first-order chi connectivity index (χ1) is 9.91. The van der Waals surface area contributed by atoms with Crippen LogP contribution in [0, 0.1) is 0 Å². The summed E-state index contributed by atoms with van der Waals surface area (Å²) in [6.07, 6.45) is 1.88. The van der Waals surface area contributed by atoms with E-state index in [4.69, 9.17) is 4.74 Å². The van der Waals surface area contributed by atoms with Crippen LogP contribution in [0.1, 0.15) is 58.9 Å². The molecule has 0 radical (unpaired) electrons. The molecular formula is C18H31NO2. The van der Waals surface area contributed by atoms with E-state index in [0.29, 0.717) is 5.92 Å². The van der Waals surface area contributed by atoms with E-state index in [2.05, 4.69) is 46.0 Å². The fourth-order valence-electron chi connectivity index (χ4n) is 2.58. The zero-order valence-electron chi connectivity index (χ0n) is 14.1. The van der Waals surface area contributed by atoms with Gasteiger partial charge in [0.05, 0.1) is 12.7 Å². The maximum Gasteiger partial charge on any atom is 0.123 e. The Labute approximate surface area is 129 Å². The zero-order chi connectivity index (χ0) is 15.9. The molecule has 0 aliphatic heterocycles. The number of nitrogens with one attached hydrogen (secondary N) is 1. The highest BCUT2D eigenvalue weighted by Crippen LogP contribution is 2.28. The summed E-state index contributed by atoms with van der Waals surface area (Å²) >= 11 is 0. The molecule has 1 rings (SSSR count). The molecule has 0 saturated heterocycles. The van der Waals surface area contributed by atoms with Crippen molar-refractivity contribution >= 4 is 0 Å². The average Bonchev–Trinajstić information content (AvgIpc) is 2.45. The maximum atomic E-state index is 9.65. The average molecular weight is 293 g/mol. The van der Waals surface area contributed by atoms with Crippen molar-refractivity contribution in [2.45, 2.75) is 65.0 Å². The molecule has 1 aromatic rings. The fourth-order valence-corrected chi connectivity index (χ4v) is 2.58. The summed E-state index contributed by atoms with van der Waals surface area (Å²) in [6.45, 7) is 11.6. The first-order valence-corrected chi connectivity index (χ1v) is 8.03. The lowest BCUT2D eigenvalue weighted by molar-refractivity contribution is 0.109. The number of hydrogen-bond donors (Lipinski definition) is 2. The first kappa shape index (κ1) is 18.0. The quantitative estimate of drug-likeness (QED) is 0.729. The lowest BCUT2D eigenvalue weighted by Crippen LogP contribution is -2.48. The Morgan fingerprint density at radius 1 is 1.24 bits per heavy atom. The summed E-state index contributed by atoms with van der Waals surface area (Å²) in [5.41, 5.74) is 0.943. The van der Waals surface area contributed by atoms with E-state index >= 15 is 0 Å². The lowest BCUT2D eigenvalue weighted by Gasteiger charge is -2.32. The second-order valence-electron chi connectivity index (χ2n) is 6.47. The number of para-hydroxylation sites is 1. The minimum absolute atomic E-state index is 0.0476. The number of aliphatic hydroxyl groups is 1. The Hall–Kier alpha value is -1.06. The lowest BCUT2D eigenvalue weighted by atomic mass is 9.95. The topological polar surface area (TPSA) is 41.5 Å². The van der Waals surface area contributed by atoms with E-state index in [1.807, 2.05) is 18.2 Å². The van der Waals surface area contributed by atoms with Crippen LogP contribution >= 0.6 is 0 Å². The van der Waals surface area contributed by atoms with Crippen molar-refractivity contribution in [1.29, 1.82) is 0 Å². The van der Waals surface area contributed by atoms with Crippen molar-refractivity contribution in [3.05, 3.63) is 29.8 Å². The van der Waals surface area contributed by atoms with Crippen molar-refractivity contribution in [1.82, 2.24) is 5.32 Å². The van der Waals surface area contributed by atoms with Crippen LogP contribution in [0.2, 0.25) is 0 Å². The van der Waals surface area contributed by atoms with Crippen molar-refractivity contribution in [2.75, 3.05) is 13.2 Å². The molecule has 0 spiro atoms. The molecule has 2 unspecified atom stereocenters. The standard InChI is InChI=1S/C18H31NO2/c1-6-11-19-18(5,13-20)12-15(4)21-17-10-8-7-9-16(17)14(2)3/h7-10,14-15,19-20H,6,11-13H2,1-5H3. The van der Waals surface area contributed by atoms with Crippen LogP contribution in [0.5, 0.6) is 5.75 Å². The molecule has 0 bridgehead atoms. The molecule has 0 fully saturated rings. The second kappa shape index (κ2) is 8.40. The summed E-state index contributed by atoms with van der Waals surface area (Å²) in [7, 11) is 0. The van der Waals surface area contributed by atoms with Gasteiger partial charge in [-0.05, 0) is 44.4 Å². The number of benzene rings is 1. The summed E-state index contributed by atoms with van der Waals surface area (Å²) in [4.78, 5) is 0. The van der Waals surface area contributed by atoms with Crippen molar-refractivity contribution in [3.63, 3.8) is 0 Å². The Morgan fingerprint density at radius 3 is 2.48 bits per heavy atom. The summed E-state index contributed by atoms with van der Waals surface area (Å²) in [5.74, 6) is 1.40. The van der Waals surface area contributed by atoms with Crippen molar-refractivity contribution < 1.29 is 9.84 Å². The van der Waals surface area contributed by atoms with Crippen LogP contribution in [0.25, 0.3) is 0 Å². The van der Waals surface area contributed by atoms with E-state index in [1.165, 1.54) is 5.56 Å². The van der Waals surface area contributed by atoms with Gasteiger partial charge in [0.15, 0.2) is 0 Å². The van der Waals surface area contributed by atoms with Gasteiger partial charge in [0.2, 0.25) is 0 Å². The Bertz CT molecular complexity index is 419. The van der Waals surface area contributed by atoms with Gasteiger partial charge in [-0.1, -0.05) is 39.0 Å². The van der Waals surface area contributed by atoms with Crippen molar-refractivity contribution in [2.24, 2.45) is 0 Å². The van der Waals surface area contributed by atoms with Gasteiger partial charge in [-0.25, -0.2) is 0 Å². The fraction of sp³-hybridized carbons (Fsp3) is 0.667. The molecule has 0 aliphatic carbocycles. The summed E-state index contributed by atoms with van der Waals surface area (Å²) in [5, 5.41) is 13.1. The monoisotopic (exact) mass is 293 g/mol. The smallest absolute Gasteiger partial charge is 0.123 e. The molecule has 2 atom stereocenters.